The van der Waals surface area contributed by atoms with E-state index in [1.54, 1.807) is 54.5 Å². The lowest BCUT2D eigenvalue weighted by atomic mass is 10.1. The second-order valence-corrected chi connectivity index (χ2v) is 9.11. The molecule has 0 aliphatic rings. The molecule has 0 bridgehead atoms. The molecule has 0 aliphatic heterocycles. The summed E-state index contributed by atoms with van der Waals surface area (Å²) in [6.45, 7) is 5.11. The number of carbonyl (C=O) groups excluding carboxylic acids is 1. The summed E-state index contributed by atoms with van der Waals surface area (Å²) in [6.07, 6.45) is 1.83. The van der Waals surface area contributed by atoms with E-state index >= 15 is 0 Å². The van der Waals surface area contributed by atoms with Crippen LogP contribution in [-0.2, 0) is 16.7 Å². The quantitative estimate of drug-likeness (QED) is 0.547. The summed E-state index contributed by atoms with van der Waals surface area (Å²) in [7, 11) is -0.495. The molecule has 0 aromatic heterocycles. The molecule has 2 rings (SSSR count). The predicted molar refractivity (Wildman–Crippen MR) is 120 cm³/mol. The molecule has 2 amide bonds. The number of benzene rings is 2. The number of carbonyl (C=O) groups is 1. The highest BCUT2D eigenvalue weighted by Crippen LogP contribution is 2.29. The summed E-state index contributed by atoms with van der Waals surface area (Å²) in [4.78, 5) is 14.7. The molecule has 31 heavy (non-hydrogen) atoms. The Labute approximate surface area is 184 Å². The number of hydrogen-bond acceptors (Lipinski definition) is 6. The second-order valence-electron chi connectivity index (χ2n) is 7.53. The van der Waals surface area contributed by atoms with Crippen LogP contribution in [0.5, 0.6) is 17.2 Å². The minimum Gasteiger partial charge on any atom is -0.497 e. The van der Waals surface area contributed by atoms with Gasteiger partial charge in [0, 0.05) is 19.2 Å². The molecule has 0 saturated carbocycles. The highest BCUT2D eigenvalue weighted by Gasteiger charge is 2.17. The number of hydrogen-bond donors (Lipinski definition) is 1. The summed E-state index contributed by atoms with van der Waals surface area (Å²) in [5.41, 5.74) is 1.39. The van der Waals surface area contributed by atoms with Gasteiger partial charge in [0.2, 0.25) is 0 Å². The van der Waals surface area contributed by atoms with Crippen molar-refractivity contribution < 1.29 is 26.9 Å². The molecule has 0 aliphatic carbocycles. The van der Waals surface area contributed by atoms with Crippen molar-refractivity contribution in [3.05, 3.63) is 48.0 Å². The average molecular weight is 451 g/mol. The zero-order chi connectivity index (χ0) is 23.0. The molecule has 0 spiro atoms. The third-order valence-electron chi connectivity index (χ3n) is 4.46. The summed E-state index contributed by atoms with van der Waals surface area (Å²) in [5.74, 6) is 1.78. The van der Waals surface area contributed by atoms with Crippen molar-refractivity contribution in [1.29, 1.82) is 0 Å². The van der Waals surface area contributed by atoms with Crippen LogP contribution in [-0.4, -0.2) is 46.4 Å². The maximum absolute atomic E-state index is 13.0. The summed E-state index contributed by atoms with van der Waals surface area (Å²) in [6, 6.07) is 11.5. The van der Waals surface area contributed by atoms with Crippen LogP contribution in [0.25, 0.3) is 0 Å². The smallest absolute Gasteiger partial charge is 0.322 e. The molecule has 0 saturated heterocycles. The molecule has 1 N–H and O–H groups in total. The monoisotopic (exact) mass is 450 g/mol. The second kappa shape index (κ2) is 10.9. The van der Waals surface area contributed by atoms with Crippen molar-refractivity contribution in [3.8, 4) is 17.2 Å². The van der Waals surface area contributed by atoms with Gasteiger partial charge in [-0.15, -0.1) is 0 Å². The lowest BCUT2D eigenvalue weighted by Gasteiger charge is -2.25. The molecule has 0 unspecified atom stereocenters. The molecule has 170 valence electrons. The summed E-state index contributed by atoms with van der Waals surface area (Å²) < 4.78 is 38.0. The average Bonchev–Trinajstić information content (AvgIpc) is 2.71. The molecule has 0 heterocycles. The first-order valence-electron chi connectivity index (χ1n) is 9.87. The van der Waals surface area contributed by atoms with Crippen molar-refractivity contribution in [2.75, 3.05) is 32.3 Å². The Morgan fingerprint density at radius 2 is 1.68 bits per heavy atom. The van der Waals surface area contributed by atoms with Crippen LogP contribution in [0.2, 0.25) is 0 Å². The maximum atomic E-state index is 13.0. The minimum absolute atomic E-state index is 0.229. The summed E-state index contributed by atoms with van der Waals surface area (Å²) >= 11 is 0. The van der Waals surface area contributed by atoms with E-state index in [-0.39, 0.29) is 11.8 Å². The molecular weight excluding hydrogens is 420 g/mol. The molecule has 9 heteroatoms. The van der Waals surface area contributed by atoms with Crippen molar-refractivity contribution in [1.82, 2.24) is 4.90 Å². The van der Waals surface area contributed by atoms with E-state index in [9.17, 15) is 13.2 Å². The van der Waals surface area contributed by atoms with E-state index in [2.05, 4.69) is 19.2 Å². The fourth-order valence-electron chi connectivity index (χ4n) is 2.81. The van der Waals surface area contributed by atoms with Gasteiger partial charge in [-0.2, -0.15) is 8.42 Å². The standard InChI is InChI=1S/C22H30N2O6S/c1-16(2)12-13-24(15-17-6-8-18(9-7-17)30-31(5,26)27)22(25)23-20-11-10-19(28-3)14-21(20)29-4/h6-11,14,16H,12-13,15H2,1-5H3,(H,23,25). The number of amides is 2. The topological polar surface area (TPSA) is 94.2 Å². The number of anilines is 1. The zero-order valence-electron chi connectivity index (χ0n) is 18.5. The molecule has 0 fully saturated rings. The van der Waals surface area contributed by atoms with Gasteiger partial charge in [-0.05, 0) is 42.2 Å². The van der Waals surface area contributed by atoms with Gasteiger partial charge in [0.1, 0.15) is 17.2 Å². The van der Waals surface area contributed by atoms with Gasteiger partial charge in [0.05, 0.1) is 26.2 Å². The fraction of sp³-hybridized carbons (Fsp3) is 0.409. The minimum atomic E-state index is -3.59. The van der Waals surface area contributed by atoms with Crippen LogP contribution in [0.15, 0.2) is 42.5 Å². The molecule has 0 atom stereocenters. The van der Waals surface area contributed by atoms with Crippen molar-refractivity contribution in [2.45, 2.75) is 26.8 Å². The molecule has 2 aromatic carbocycles. The number of ether oxygens (including phenoxy) is 2. The third kappa shape index (κ3) is 8.01. The van der Waals surface area contributed by atoms with Crippen LogP contribution in [0, 0.1) is 5.92 Å². The highest BCUT2D eigenvalue weighted by molar-refractivity contribution is 7.86. The first-order valence-corrected chi connectivity index (χ1v) is 11.7. The molecular formula is C22H30N2O6S. The van der Waals surface area contributed by atoms with Crippen molar-refractivity contribution >= 4 is 21.8 Å². The van der Waals surface area contributed by atoms with Gasteiger partial charge in [-0.25, -0.2) is 4.79 Å². The van der Waals surface area contributed by atoms with E-state index in [0.29, 0.717) is 36.2 Å². The van der Waals surface area contributed by atoms with Crippen molar-refractivity contribution in [2.24, 2.45) is 5.92 Å². The van der Waals surface area contributed by atoms with Crippen molar-refractivity contribution in [3.63, 3.8) is 0 Å². The normalized spacial score (nSPS) is 11.2. The highest BCUT2D eigenvalue weighted by atomic mass is 32.2. The van der Waals surface area contributed by atoms with Crippen LogP contribution < -0.4 is 19.0 Å². The first kappa shape index (κ1) is 24.3. The molecule has 8 nitrogen and oxygen atoms in total. The Morgan fingerprint density at radius 1 is 1.03 bits per heavy atom. The first-order chi connectivity index (χ1) is 14.6. The van der Waals surface area contributed by atoms with Gasteiger partial charge in [0.15, 0.2) is 0 Å². The Hall–Kier alpha value is -2.94. The maximum Gasteiger partial charge on any atom is 0.322 e. The van der Waals surface area contributed by atoms with Gasteiger partial charge >= 0.3 is 16.1 Å². The van der Waals surface area contributed by atoms with Crippen LogP contribution in [0.1, 0.15) is 25.8 Å². The van der Waals surface area contributed by atoms with E-state index in [1.807, 2.05) is 0 Å². The Kier molecular flexibility index (Phi) is 8.56. The van der Waals surface area contributed by atoms with Gasteiger partial charge in [-0.1, -0.05) is 26.0 Å². The van der Waals surface area contributed by atoms with E-state index in [1.165, 1.54) is 7.11 Å². The van der Waals surface area contributed by atoms with Gasteiger partial charge in [-0.3, -0.25) is 0 Å². The van der Waals surface area contributed by atoms with Crippen LogP contribution in [0.3, 0.4) is 0 Å². The predicted octanol–water partition coefficient (Wildman–Crippen LogP) is 4.12. The summed E-state index contributed by atoms with van der Waals surface area (Å²) in [5, 5.41) is 2.90. The zero-order valence-corrected chi connectivity index (χ0v) is 19.4. The third-order valence-corrected chi connectivity index (χ3v) is 4.95. The van der Waals surface area contributed by atoms with E-state index in [0.717, 1.165) is 18.2 Å². The Balaban J connectivity index is 2.16. The Morgan fingerprint density at radius 3 is 2.23 bits per heavy atom. The number of nitrogens with zero attached hydrogens (tertiary/aromatic N) is 1. The molecule has 2 aromatic rings. The number of methoxy groups -OCH3 is 2. The van der Waals surface area contributed by atoms with Crippen LogP contribution in [0.4, 0.5) is 10.5 Å². The van der Waals surface area contributed by atoms with E-state index in [4.69, 9.17) is 13.7 Å². The van der Waals surface area contributed by atoms with Gasteiger partial charge in [0.25, 0.3) is 0 Å². The number of urea groups is 1. The number of rotatable bonds is 10. The lowest BCUT2D eigenvalue weighted by Crippen LogP contribution is -2.35. The fourth-order valence-corrected chi connectivity index (χ4v) is 3.27. The molecule has 0 radical (unpaired) electrons. The van der Waals surface area contributed by atoms with E-state index < -0.39 is 10.1 Å². The van der Waals surface area contributed by atoms with Gasteiger partial charge < -0.3 is 23.9 Å². The SMILES string of the molecule is COc1ccc(NC(=O)N(CCC(C)C)Cc2ccc(OS(C)(=O)=O)cc2)c(OC)c1. The Bertz CT molecular complexity index is 974. The van der Waals surface area contributed by atoms with Crippen LogP contribution >= 0.6 is 0 Å². The number of nitrogens with one attached hydrogen (secondary N) is 1. The lowest BCUT2D eigenvalue weighted by molar-refractivity contribution is 0.205. The largest absolute Gasteiger partial charge is 0.497 e.